The lowest BCUT2D eigenvalue weighted by atomic mass is 9.86. The van der Waals surface area contributed by atoms with Gasteiger partial charge in [0, 0.05) is 58.4 Å². The topological polar surface area (TPSA) is 511 Å². The van der Waals surface area contributed by atoms with Crippen molar-refractivity contribution < 1.29 is 98.7 Å². The molecule has 20 N–H and O–H groups in total. The predicted molar refractivity (Wildman–Crippen MR) is 372 cm³/mol. The Morgan fingerprint density at radius 2 is 1.36 bits per heavy atom. The fourth-order valence-corrected chi connectivity index (χ4v) is 13.3. The number of benzene rings is 1. The second-order valence-electron chi connectivity index (χ2n) is 27.6. The molecule has 0 unspecified atom stereocenters. The zero-order chi connectivity index (χ0) is 75.2. The van der Waals surface area contributed by atoms with Crippen LogP contribution in [-0.2, 0) is 52.7 Å². The van der Waals surface area contributed by atoms with Crippen molar-refractivity contribution in [2.75, 3.05) is 51.3 Å². The zero-order valence-corrected chi connectivity index (χ0v) is 60.1. The van der Waals surface area contributed by atoms with Crippen LogP contribution in [0.4, 0.5) is 0 Å². The number of hydrogen-bond donors (Lipinski definition) is 19. The van der Waals surface area contributed by atoms with Gasteiger partial charge in [0.15, 0.2) is 5.78 Å². The van der Waals surface area contributed by atoms with Crippen LogP contribution in [0.3, 0.4) is 0 Å². The van der Waals surface area contributed by atoms with E-state index in [-0.39, 0.29) is 56.0 Å². The Bertz CT molecular complexity index is 2830. The Kier molecular flexibility index (Phi) is 37.9. The minimum Gasteiger partial charge on any atom is -0.508 e. The fourth-order valence-electron chi connectivity index (χ4n) is 12.9. The Labute approximate surface area is 595 Å². The average Bonchev–Trinajstić information content (AvgIpc) is 1.72. The summed E-state index contributed by atoms with van der Waals surface area (Å²) in [5.41, 5.74) is 5.75. The highest BCUT2D eigenvalue weighted by molar-refractivity contribution is 7.98. The molecule has 4 rings (SSSR count). The summed E-state index contributed by atoms with van der Waals surface area (Å²) in [7, 11) is 0. The number of ketones is 1. The van der Waals surface area contributed by atoms with E-state index in [0.717, 1.165) is 67.4 Å². The Morgan fingerprint density at radius 1 is 0.723 bits per heavy atom. The first kappa shape index (κ1) is 86.7. The number of carbonyl (C=O) groups is 11. The first-order valence-corrected chi connectivity index (χ1v) is 36.8. The van der Waals surface area contributed by atoms with Crippen molar-refractivity contribution in [2.24, 2.45) is 29.4 Å². The molecule has 3 fully saturated rings. The maximum atomic E-state index is 15.3. The van der Waals surface area contributed by atoms with E-state index in [1.165, 1.54) is 30.3 Å². The van der Waals surface area contributed by atoms with Gasteiger partial charge < -0.3 is 104 Å². The molecule has 32 nitrogen and oxygen atoms in total. The first-order chi connectivity index (χ1) is 47.9. The normalized spacial score (nSPS) is 25.5. The molecule has 572 valence electrons. The van der Waals surface area contributed by atoms with Gasteiger partial charge in [-0.2, -0.15) is 11.8 Å². The molecule has 1 aromatic carbocycles. The highest BCUT2D eigenvalue weighted by Crippen LogP contribution is 2.31. The van der Waals surface area contributed by atoms with E-state index in [2.05, 4.69) is 68.6 Å². The zero-order valence-electron chi connectivity index (χ0n) is 59.3. The number of fused-ring (bicyclic) bond motifs is 2. The smallest absolute Gasteiger partial charge is 0.248 e. The predicted octanol–water partition coefficient (Wildman–Crippen LogP) is -3.19. The molecule has 0 spiro atoms. The van der Waals surface area contributed by atoms with Crippen LogP contribution in [0.25, 0.3) is 0 Å². The Balaban J connectivity index is 1.77. The van der Waals surface area contributed by atoms with E-state index in [4.69, 9.17) is 5.73 Å². The molecule has 3 heterocycles. The van der Waals surface area contributed by atoms with Crippen LogP contribution >= 0.6 is 11.8 Å². The molecule has 101 heavy (non-hydrogen) atoms. The summed E-state index contributed by atoms with van der Waals surface area (Å²) in [5, 5.41) is 125. The van der Waals surface area contributed by atoms with Gasteiger partial charge in [-0.15, -0.1) is 0 Å². The number of carbonyl (C=O) groups excluding carboxylic acids is 11. The molecule has 33 heteroatoms. The number of nitrogens with one attached hydrogen (secondary N) is 9. The lowest BCUT2D eigenvalue weighted by molar-refractivity contribution is -0.149. The molecule has 0 radical (unpaired) electrons. The Morgan fingerprint density at radius 3 is 1.98 bits per heavy atom. The molecular formula is C68H114N12O20S. The monoisotopic (exact) mass is 1450 g/mol. The van der Waals surface area contributed by atoms with Crippen molar-refractivity contribution >= 4 is 77.1 Å². The van der Waals surface area contributed by atoms with Crippen LogP contribution in [0.15, 0.2) is 24.3 Å². The van der Waals surface area contributed by atoms with Crippen molar-refractivity contribution in [3.8, 4) is 5.75 Å². The molecule has 19 atom stereocenters. The van der Waals surface area contributed by atoms with E-state index in [0.29, 0.717) is 36.8 Å². The van der Waals surface area contributed by atoms with Gasteiger partial charge in [-0.05, 0) is 92.9 Å². The van der Waals surface area contributed by atoms with Crippen molar-refractivity contribution in [2.45, 2.75) is 248 Å². The maximum Gasteiger partial charge on any atom is 0.248 e. The number of hydrogen-bond acceptors (Lipinski definition) is 23. The molecule has 0 saturated carbocycles. The van der Waals surface area contributed by atoms with Crippen LogP contribution < -0.4 is 53.6 Å². The minimum atomic E-state index is -2.32. The van der Waals surface area contributed by atoms with Gasteiger partial charge in [-0.1, -0.05) is 91.7 Å². The fraction of sp³-hybridized carbons (Fsp3) is 0.750. The number of nitrogens with zero attached hydrogens (tertiary/aromatic N) is 2. The number of rotatable bonds is 37. The van der Waals surface area contributed by atoms with Crippen molar-refractivity contribution in [3.05, 3.63) is 29.8 Å². The summed E-state index contributed by atoms with van der Waals surface area (Å²) in [5.74, 6) is -11.3. The van der Waals surface area contributed by atoms with Gasteiger partial charge in [0.05, 0.1) is 55.2 Å². The number of nitrogens with two attached hydrogens (primary N) is 1. The van der Waals surface area contributed by atoms with Gasteiger partial charge in [0.1, 0.15) is 60.3 Å². The molecule has 0 aliphatic carbocycles. The number of Topliss-reactive ketones (excluding diaryl/α,β-unsaturated/α-hetero) is 1. The summed E-state index contributed by atoms with van der Waals surface area (Å²) in [4.78, 5) is 157. The van der Waals surface area contributed by atoms with Gasteiger partial charge in [-0.25, -0.2) is 0 Å². The summed E-state index contributed by atoms with van der Waals surface area (Å²) in [6, 6.07) is -8.80. The molecule has 0 aromatic heterocycles. The summed E-state index contributed by atoms with van der Waals surface area (Å²) < 4.78 is 0. The molecule has 1 aromatic rings. The third-order valence-corrected chi connectivity index (χ3v) is 19.5. The molecule has 0 bridgehead atoms. The highest BCUT2D eigenvalue weighted by Gasteiger charge is 2.49. The number of phenolic OH excluding ortho intramolecular Hbond substituents is 1. The second kappa shape index (κ2) is 44.1. The van der Waals surface area contributed by atoms with Crippen molar-refractivity contribution in [3.63, 3.8) is 0 Å². The number of amides is 10. The lowest BCUT2D eigenvalue weighted by Crippen LogP contribution is -2.63. The average molecular weight is 1450 g/mol. The molecule has 3 saturated heterocycles. The third kappa shape index (κ3) is 27.5. The number of phenols is 1. The number of aliphatic hydroxyl groups excluding tert-OH is 8. The first-order valence-electron chi connectivity index (χ1n) is 35.4. The quantitative estimate of drug-likeness (QED) is 0.0231. The number of unbranched alkanes of at least 4 members (excludes halogenated alkanes) is 5. The number of thioether (sulfide) groups is 1. The molecule has 3 aliphatic rings. The van der Waals surface area contributed by atoms with Gasteiger partial charge in [0.25, 0.3) is 0 Å². The largest absolute Gasteiger partial charge is 0.508 e. The van der Waals surface area contributed by atoms with E-state index in [1.807, 2.05) is 0 Å². The van der Waals surface area contributed by atoms with Crippen molar-refractivity contribution in [1.29, 1.82) is 0 Å². The van der Waals surface area contributed by atoms with Crippen LogP contribution in [-0.4, -0.2) is 264 Å². The Hall–Kier alpha value is -6.66. The van der Waals surface area contributed by atoms with Gasteiger partial charge >= 0.3 is 0 Å². The molecule has 3 aliphatic heterocycles. The van der Waals surface area contributed by atoms with E-state index in [9.17, 15) is 89.1 Å². The maximum absolute atomic E-state index is 15.3. The van der Waals surface area contributed by atoms with Crippen LogP contribution in [0.2, 0.25) is 0 Å². The van der Waals surface area contributed by atoms with Crippen LogP contribution in [0, 0.1) is 23.7 Å². The van der Waals surface area contributed by atoms with E-state index >= 15 is 9.59 Å². The van der Waals surface area contributed by atoms with E-state index in [1.54, 1.807) is 20.1 Å². The molecular weight excluding hydrogens is 1340 g/mol. The van der Waals surface area contributed by atoms with Crippen LogP contribution in [0.5, 0.6) is 5.75 Å². The SMILES string of the molecule is CC[C@H](C)C[C@H](C)CCCCCCCCC(=O)N[C@H]1C[C@@H](O)[C@@H](NCCN)NC(=O)[C@@H]2[C@@H](O)CCN2C(=O)[C@H]([C@H](O)CCNC(=O)[C@H](CO)NC(=O)[C@H](CC(C)C)NC(=O)[C@H](CCSC)NC=O)NC(=O)[C@H]([C@H](O)[C@@H](O)c2ccc(O)cc2)CC(=O)[C@@H]2C[C@@H](O)CN2C(=O)[C@H]([C@@H](C)O)NC1=O. The molecule has 10 amide bonds. The number of aliphatic hydroxyl groups is 8. The summed E-state index contributed by atoms with van der Waals surface area (Å²) >= 11 is 1.42. The van der Waals surface area contributed by atoms with E-state index < -0.39 is 214 Å². The summed E-state index contributed by atoms with van der Waals surface area (Å²) in [6.07, 6.45) is -7.48. The number of aromatic hydroxyl groups is 1. The van der Waals surface area contributed by atoms with Crippen LogP contribution in [0.1, 0.15) is 162 Å². The van der Waals surface area contributed by atoms with Gasteiger partial charge in [-0.3, -0.25) is 58.1 Å². The second-order valence-corrected chi connectivity index (χ2v) is 28.6. The summed E-state index contributed by atoms with van der Waals surface area (Å²) in [6.45, 7) is 8.49. The minimum absolute atomic E-state index is 0.0550. The van der Waals surface area contributed by atoms with Gasteiger partial charge in [0.2, 0.25) is 59.6 Å². The standard InChI is InChI=1S/C68H114N12O20S/c1-8-38(4)30-39(5)15-13-11-9-10-12-14-16-54(90)73-47-33-53(89)60(70-26-24-69)78-66(98)57-51(87)22-27-79(57)68(100)56(50(86)21-25-71-62(94)48(35-81)75-64(96)46(29-37(2)3)74-63(95)45(72-36-82)23-28-101-7)77-61(93)44(59(92)58(91)41-17-19-42(84)20-18-41)32-52(88)49-31-43(85)34-80(49)67(99)55(40(6)83)76-65(47)97/h17-20,36-40,43-51,53,55-60,70,81,83-87,89,91-92H,8-16,21-35,69H2,1-7H3,(H,71,94)(H,72,82)(H,73,90)(H,74,95)(H,75,96)(H,76,97)(H,77,93)(H,78,98)/t38-,39+,40+,43+,44-,45-,46-,47-,48-,49-,50+,51-,53+,55-,56-,57-,58-,59-,60-/m0/s1. The third-order valence-electron chi connectivity index (χ3n) is 18.8. The van der Waals surface area contributed by atoms with Crippen molar-refractivity contribution in [1.82, 2.24) is 57.7 Å². The lowest BCUT2D eigenvalue weighted by Gasteiger charge is -2.35. The highest BCUT2D eigenvalue weighted by atomic mass is 32.2.